The summed E-state index contributed by atoms with van der Waals surface area (Å²) in [4.78, 5) is 26.3. The van der Waals surface area contributed by atoms with Gasteiger partial charge in [-0.3, -0.25) is 9.59 Å². The van der Waals surface area contributed by atoms with Gasteiger partial charge in [-0.25, -0.2) is 0 Å². The van der Waals surface area contributed by atoms with E-state index >= 15 is 0 Å². The fraction of sp³-hybridized carbons (Fsp3) is 0.167. The Bertz CT molecular complexity index is 1060. The Labute approximate surface area is 156 Å². The van der Waals surface area contributed by atoms with E-state index < -0.39 is 23.2 Å². The van der Waals surface area contributed by atoms with Gasteiger partial charge in [-0.1, -0.05) is 23.7 Å². The number of nitrogens with zero attached hydrogens (tertiary/aromatic N) is 3. The lowest BCUT2D eigenvalue weighted by molar-refractivity contribution is -0.137. The average Bonchev–Trinajstić information content (AvgIpc) is 3.02. The highest BCUT2D eigenvalue weighted by molar-refractivity contribution is 6.34. The summed E-state index contributed by atoms with van der Waals surface area (Å²) in [6.07, 6.45) is -3.42. The van der Waals surface area contributed by atoms with E-state index in [0.29, 0.717) is 5.39 Å². The quantitative estimate of drug-likeness (QED) is 0.656. The zero-order valence-corrected chi connectivity index (χ0v) is 15.0. The lowest BCUT2D eigenvalue weighted by Crippen LogP contribution is -2.22. The summed E-state index contributed by atoms with van der Waals surface area (Å²) in [6.45, 7) is 0. The number of halogens is 4. The Kier molecular flexibility index (Phi) is 4.69. The van der Waals surface area contributed by atoms with Crippen LogP contribution in [0, 0.1) is 0 Å². The van der Waals surface area contributed by atoms with Gasteiger partial charge in [0.1, 0.15) is 0 Å². The van der Waals surface area contributed by atoms with Crippen molar-refractivity contribution in [2.45, 2.75) is 6.18 Å². The third-order valence-electron chi connectivity index (χ3n) is 3.95. The van der Waals surface area contributed by atoms with Crippen LogP contribution in [-0.2, 0) is 6.18 Å². The van der Waals surface area contributed by atoms with Gasteiger partial charge in [0.2, 0.25) is 0 Å². The minimum atomic E-state index is -4.76. The molecule has 0 unspecified atom stereocenters. The summed E-state index contributed by atoms with van der Waals surface area (Å²) in [5.41, 5.74) is -1.36. The number of aromatic nitrogens is 2. The van der Waals surface area contributed by atoms with E-state index in [1.807, 2.05) is 0 Å². The Hall–Kier alpha value is -2.87. The van der Waals surface area contributed by atoms with Gasteiger partial charge in [-0.2, -0.15) is 23.0 Å². The molecule has 1 heterocycles. The molecule has 5 nitrogen and oxygen atoms in total. The van der Waals surface area contributed by atoms with Gasteiger partial charge in [-0.15, -0.1) is 0 Å². The first kappa shape index (κ1) is 18.9. The molecular weight excluding hydrogens is 383 g/mol. The van der Waals surface area contributed by atoms with Crippen LogP contribution in [0.2, 0.25) is 5.02 Å². The first-order chi connectivity index (χ1) is 12.6. The molecule has 0 bridgehead atoms. The first-order valence-corrected chi connectivity index (χ1v) is 8.09. The molecule has 140 valence electrons. The number of amides is 1. The second-order valence-electron chi connectivity index (χ2n) is 5.99. The molecular formula is C18H13ClF3N3O2. The van der Waals surface area contributed by atoms with Gasteiger partial charge in [0.15, 0.2) is 0 Å². The lowest BCUT2D eigenvalue weighted by Gasteiger charge is -2.14. The summed E-state index contributed by atoms with van der Waals surface area (Å²) in [6, 6.07) is 7.64. The predicted molar refractivity (Wildman–Crippen MR) is 93.9 cm³/mol. The van der Waals surface area contributed by atoms with Gasteiger partial charge >= 0.3 is 6.18 Å². The van der Waals surface area contributed by atoms with Crippen molar-refractivity contribution in [3.63, 3.8) is 0 Å². The summed E-state index contributed by atoms with van der Waals surface area (Å²) < 4.78 is 40.8. The maximum atomic E-state index is 13.3. The lowest BCUT2D eigenvalue weighted by atomic mass is 10.1. The Morgan fingerprint density at radius 2 is 1.85 bits per heavy atom. The number of hydrogen-bond donors (Lipinski definition) is 0. The van der Waals surface area contributed by atoms with Gasteiger partial charge in [0.25, 0.3) is 11.8 Å². The standard InChI is InChI=1S/C18H13ClF3N3O2/c1-24(2)16(26)10-6-7-11-9-23-25(14(11)8-10)17(27)15-12(18(20,21)22)4-3-5-13(15)19/h3-9H,1-2H3. The molecule has 27 heavy (non-hydrogen) atoms. The zero-order chi connectivity index (χ0) is 19.9. The Morgan fingerprint density at radius 3 is 2.48 bits per heavy atom. The van der Waals surface area contributed by atoms with Crippen molar-refractivity contribution in [3.05, 3.63) is 64.3 Å². The number of alkyl halides is 3. The molecule has 0 N–H and O–H groups in total. The third-order valence-corrected chi connectivity index (χ3v) is 4.26. The van der Waals surface area contributed by atoms with E-state index in [2.05, 4.69) is 5.10 Å². The zero-order valence-electron chi connectivity index (χ0n) is 14.2. The van der Waals surface area contributed by atoms with E-state index in [9.17, 15) is 22.8 Å². The van der Waals surface area contributed by atoms with Crippen LogP contribution in [-0.4, -0.2) is 40.6 Å². The third kappa shape index (κ3) is 3.40. The van der Waals surface area contributed by atoms with Crippen LogP contribution in [0.3, 0.4) is 0 Å². The van der Waals surface area contributed by atoms with Crippen molar-refractivity contribution in [1.82, 2.24) is 14.7 Å². The molecule has 3 rings (SSSR count). The SMILES string of the molecule is CN(C)C(=O)c1ccc2cnn(C(=O)c3c(Cl)cccc3C(F)(F)F)c2c1. The van der Waals surface area contributed by atoms with Crippen LogP contribution in [0.4, 0.5) is 13.2 Å². The number of hydrogen-bond acceptors (Lipinski definition) is 3. The number of benzene rings is 2. The first-order valence-electron chi connectivity index (χ1n) is 7.71. The van der Waals surface area contributed by atoms with E-state index in [0.717, 1.165) is 16.8 Å². The summed E-state index contributed by atoms with van der Waals surface area (Å²) in [7, 11) is 3.13. The van der Waals surface area contributed by atoms with E-state index in [-0.39, 0.29) is 22.0 Å². The molecule has 0 aliphatic heterocycles. The van der Waals surface area contributed by atoms with Crippen molar-refractivity contribution >= 4 is 34.3 Å². The summed E-state index contributed by atoms with van der Waals surface area (Å²) >= 11 is 5.90. The molecule has 9 heteroatoms. The highest BCUT2D eigenvalue weighted by Gasteiger charge is 2.37. The summed E-state index contributed by atoms with van der Waals surface area (Å²) in [5, 5.41) is 4.06. The fourth-order valence-electron chi connectivity index (χ4n) is 2.66. The smallest absolute Gasteiger partial charge is 0.345 e. The van der Waals surface area contributed by atoms with Crippen molar-refractivity contribution in [3.8, 4) is 0 Å². The van der Waals surface area contributed by atoms with Crippen molar-refractivity contribution in [2.24, 2.45) is 0 Å². The minimum absolute atomic E-state index is 0.209. The molecule has 0 saturated heterocycles. The number of carbonyl (C=O) groups is 2. The van der Waals surface area contributed by atoms with Crippen LogP contribution < -0.4 is 0 Å². The second kappa shape index (κ2) is 6.70. The molecule has 0 spiro atoms. The van der Waals surface area contributed by atoms with Crippen LogP contribution >= 0.6 is 11.6 Å². The van der Waals surface area contributed by atoms with Crippen LogP contribution in [0.1, 0.15) is 26.3 Å². The molecule has 2 aromatic carbocycles. The average molecular weight is 396 g/mol. The largest absolute Gasteiger partial charge is 0.417 e. The number of carbonyl (C=O) groups excluding carboxylic acids is 2. The number of fused-ring (bicyclic) bond motifs is 1. The monoisotopic (exact) mass is 395 g/mol. The maximum absolute atomic E-state index is 13.3. The van der Waals surface area contributed by atoms with Crippen molar-refractivity contribution < 1.29 is 22.8 Å². The topological polar surface area (TPSA) is 55.2 Å². The van der Waals surface area contributed by atoms with Gasteiger partial charge < -0.3 is 4.90 Å². The fourth-order valence-corrected chi connectivity index (χ4v) is 2.91. The molecule has 3 aromatic rings. The van der Waals surface area contributed by atoms with Crippen molar-refractivity contribution in [2.75, 3.05) is 14.1 Å². The molecule has 0 radical (unpaired) electrons. The molecule has 1 aromatic heterocycles. The molecule has 0 atom stereocenters. The van der Waals surface area contributed by atoms with E-state index in [1.165, 1.54) is 23.2 Å². The van der Waals surface area contributed by atoms with Gasteiger partial charge in [-0.05, 0) is 24.3 Å². The predicted octanol–water partition coefficient (Wildman–Crippen LogP) is 4.10. The normalized spacial score (nSPS) is 11.6. The maximum Gasteiger partial charge on any atom is 0.417 e. The Balaban J connectivity index is 2.18. The molecule has 0 fully saturated rings. The number of rotatable bonds is 2. The summed E-state index contributed by atoms with van der Waals surface area (Å²) in [5.74, 6) is -1.34. The van der Waals surface area contributed by atoms with E-state index in [1.54, 1.807) is 26.2 Å². The van der Waals surface area contributed by atoms with Crippen molar-refractivity contribution in [1.29, 1.82) is 0 Å². The Morgan fingerprint density at radius 1 is 1.15 bits per heavy atom. The highest BCUT2D eigenvalue weighted by Crippen LogP contribution is 2.35. The molecule has 0 saturated carbocycles. The highest BCUT2D eigenvalue weighted by atomic mass is 35.5. The van der Waals surface area contributed by atoms with Crippen LogP contribution in [0.15, 0.2) is 42.6 Å². The van der Waals surface area contributed by atoms with Gasteiger partial charge in [0, 0.05) is 25.0 Å². The molecule has 1 amide bonds. The minimum Gasteiger partial charge on any atom is -0.345 e. The van der Waals surface area contributed by atoms with E-state index in [4.69, 9.17) is 11.6 Å². The van der Waals surface area contributed by atoms with Crippen LogP contribution in [0.25, 0.3) is 10.9 Å². The molecule has 0 aliphatic rings. The van der Waals surface area contributed by atoms with Gasteiger partial charge in [0.05, 0.1) is 27.9 Å². The second-order valence-corrected chi connectivity index (χ2v) is 6.40. The van der Waals surface area contributed by atoms with Crippen LogP contribution in [0.5, 0.6) is 0 Å². The molecule has 0 aliphatic carbocycles.